The van der Waals surface area contributed by atoms with E-state index in [9.17, 15) is 10.1 Å². The van der Waals surface area contributed by atoms with Crippen LogP contribution in [0.3, 0.4) is 0 Å². The quantitative estimate of drug-likeness (QED) is 0.703. The predicted octanol–water partition coefficient (Wildman–Crippen LogP) is 4.88. The standard InChI is InChI=1S/C17H14BrN3OS2/c1-9-2-3-12-13(4-9)17(23)24-16(14(12)6-19)21-15(22)10-5-11(18)8-20-7-10/h5,7-9H,2-4H2,1H3,(H,21,22). The lowest BCUT2D eigenvalue weighted by molar-refractivity contribution is 0.102. The van der Waals surface area contributed by atoms with Crippen molar-refractivity contribution >= 4 is 50.4 Å². The van der Waals surface area contributed by atoms with Crippen LogP contribution in [0, 0.1) is 21.1 Å². The van der Waals surface area contributed by atoms with E-state index in [2.05, 4.69) is 39.2 Å². The number of nitrogens with zero attached hydrogens (tertiary/aromatic N) is 2. The number of hydrogen-bond acceptors (Lipinski definition) is 5. The molecule has 0 fully saturated rings. The molecule has 1 amide bonds. The van der Waals surface area contributed by atoms with Gasteiger partial charge in [0.15, 0.2) is 0 Å². The van der Waals surface area contributed by atoms with Gasteiger partial charge in [-0.2, -0.15) is 5.26 Å². The summed E-state index contributed by atoms with van der Waals surface area (Å²) in [5, 5.41) is 13.0. The van der Waals surface area contributed by atoms with Crippen LogP contribution < -0.4 is 5.32 Å². The van der Waals surface area contributed by atoms with Crippen LogP contribution in [0.5, 0.6) is 0 Å². The lowest BCUT2D eigenvalue weighted by Gasteiger charge is -2.23. The Hall–Kier alpha value is -1.62. The van der Waals surface area contributed by atoms with Gasteiger partial charge in [0.05, 0.1) is 15.0 Å². The number of carbonyl (C=O) groups excluding carboxylic acids is 1. The van der Waals surface area contributed by atoms with Crippen LogP contribution in [0.1, 0.15) is 40.4 Å². The van der Waals surface area contributed by atoms with Gasteiger partial charge in [0, 0.05) is 16.9 Å². The second kappa shape index (κ2) is 7.09. The molecule has 2 heterocycles. The normalized spacial score (nSPS) is 16.1. The van der Waals surface area contributed by atoms with Crippen LogP contribution in [0.4, 0.5) is 5.00 Å². The first-order valence-electron chi connectivity index (χ1n) is 7.50. The van der Waals surface area contributed by atoms with E-state index in [0.717, 1.165) is 38.7 Å². The van der Waals surface area contributed by atoms with Crippen LogP contribution in [0.25, 0.3) is 0 Å². The fraction of sp³-hybridized carbons (Fsp3) is 0.294. The molecule has 122 valence electrons. The number of pyridine rings is 1. The van der Waals surface area contributed by atoms with Gasteiger partial charge in [0.25, 0.3) is 5.91 Å². The van der Waals surface area contributed by atoms with Crippen LogP contribution in [-0.2, 0) is 12.8 Å². The smallest absolute Gasteiger partial charge is 0.257 e. The zero-order valence-electron chi connectivity index (χ0n) is 12.9. The second-order valence-corrected chi connectivity index (χ2v) is 8.46. The molecule has 24 heavy (non-hydrogen) atoms. The summed E-state index contributed by atoms with van der Waals surface area (Å²) in [5.74, 6) is 0.279. The van der Waals surface area contributed by atoms with Crippen molar-refractivity contribution in [2.24, 2.45) is 5.92 Å². The van der Waals surface area contributed by atoms with E-state index in [4.69, 9.17) is 12.2 Å². The van der Waals surface area contributed by atoms with Crippen LogP contribution in [0.15, 0.2) is 22.9 Å². The third-order valence-corrected chi connectivity index (χ3v) is 5.95. The van der Waals surface area contributed by atoms with Gasteiger partial charge in [-0.25, -0.2) is 0 Å². The van der Waals surface area contributed by atoms with Gasteiger partial charge in [-0.3, -0.25) is 9.78 Å². The number of anilines is 1. The minimum Gasteiger partial charge on any atom is -0.312 e. The number of aromatic nitrogens is 1. The maximum absolute atomic E-state index is 12.5. The molecule has 1 atom stereocenters. The average molecular weight is 420 g/mol. The maximum Gasteiger partial charge on any atom is 0.257 e. The number of fused-ring (bicyclic) bond motifs is 1. The van der Waals surface area contributed by atoms with Crippen molar-refractivity contribution in [1.29, 1.82) is 5.26 Å². The third-order valence-electron chi connectivity index (χ3n) is 4.08. The summed E-state index contributed by atoms with van der Waals surface area (Å²) < 4.78 is 1.49. The molecule has 0 saturated heterocycles. The highest BCUT2D eigenvalue weighted by atomic mass is 79.9. The molecule has 0 radical (unpaired) electrons. The molecular weight excluding hydrogens is 406 g/mol. The van der Waals surface area contributed by atoms with Crippen LogP contribution >= 0.6 is 39.5 Å². The first-order chi connectivity index (χ1) is 11.5. The summed E-state index contributed by atoms with van der Waals surface area (Å²) >= 11 is 10.1. The van der Waals surface area contributed by atoms with Crippen molar-refractivity contribution in [2.75, 3.05) is 5.32 Å². The number of nitrogens with one attached hydrogen (secondary N) is 1. The lowest BCUT2D eigenvalue weighted by atomic mass is 9.85. The molecular formula is C17H14BrN3OS2. The molecule has 1 aliphatic carbocycles. The average Bonchev–Trinajstić information content (AvgIpc) is 2.55. The molecule has 0 bridgehead atoms. The second-order valence-electron chi connectivity index (χ2n) is 5.86. The molecule has 3 rings (SSSR count). The van der Waals surface area contributed by atoms with E-state index in [1.807, 2.05) is 0 Å². The minimum absolute atomic E-state index is 0.296. The third kappa shape index (κ3) is 3.41. The zero-order chi connectivity index (χ0) is 17.3. The Kier molecular flexibility index (Phi) is 5.09. The number of amides is 1. The number of rotatable bonds is 2. The summed E-state index contributed by atoms with van der Waals surface area (Å²) in [6.45, 7) is 2.20. The van der Waals surface area contributed by atoms with Crippen molar-refractivity contribution in [2.45, 2.75) is 26.2 Å². The Morgan fingerprint density at radius 3 is 3.00 bits per heavy atom. The van der Waals surface area contributed by atoms with E-state index >= 15 is 0 Å². The molecule has 2 aromatic heterocycles. The highest BCUT2D eigenvalue weighted by Crippen LogP contribution is 2.36. The first kappa shape index (κ1) is 17.2. The Labute approximate surface area is 157 Å². The van der Waals surface area contributed by atoms with Crippen molar-refractivity contribution in [3.63, 3.8) is 0 Å². The molecule has 0 spiro atoms. The monoisotopic (exact) mass is 419 g/mol. The highest BCUT2D eigenvalue weighted by molar-refractivity contribution is 9.10. The Morgan fingerprint density at radius 2 is 2.29 bits per heavy atom. The van der Waals surface area contributed by atoms with E-state index in [1.54, 1.807) is 12.3 Å². The van der Waals surface area contributed by atoms with Crippen molar-refractivity contribution in [3.05, 3.63) is 49.0 Å². The number of carbonyl (C=O) groups is 1. The molecule has 0 aliphatic heterocycles. The molecule has 1 aliphatic rings. The van der Waals surface area contributed by atoms with Gasteiger partial charge in [-0.05, 0) is 58.3 Å². The molecule has 4 nitrogen and oxygen atoms in total. The molecule has 2 aromatic rings. The maximum atomic E-state index is 12.5. The summed E-state index contributed by atoms with van der Waals surface area (Å²) in [6, 6.07) is 3.95. The van der Waals surface area contributed by atoms with Gasteiger partial charge in [0.1, 0.15) is 11.1 Å². The topological polar surface area (TPSA) is 65.8 Å². The van der Waals surface area contributed by atoms with E-state index in [1.165, 1.54) is 17.5 Å². The minimum atomic E-state index is -0.296. The molecule has 1 N–H and O–H groups in total. The summed E-state index contributed by atoms with van der Waals surface area (Å²) in [5.41, 5.74) is 3.08. The summed E-state index contributed by atoms with van der Waals surface area (Å²) in [7, 11) is 0. The van der Waals surface area contributed by atoms with Gasteiger partial charge >= 0.3 is 0 Å². The molecule has 1 unspecified atom stereocenters. The Bertz CT molecular complexity index is 917. The number of halogens is 1. The molecule has 0 saturated carbocycles. The van der Waals surface area contributed by atoms with E-state index in [0.29, 0.717) is 22.0 Å². The van der Waals surface area contributed by atoms with Crippen LogP contribution in [-0.4, -0.2) is 10.9 Å². The first-order valence-corrected chi connectivity index (χ1v) is 9.52. The molecule has 0 aromatic carbocycles. The molecule has 7 heteroatoms. The van der Waals surface area contributed by atoms with E-state index in [-0.39, 0.29) is 5.91 Å². The van der Waals surface area contributed by atoms with Crippen LogP contribution in [0.2, 0.25) is 0 Å². The van der Waals surface area contributed by atoms with Gasteiger partial charge in [0.2, 0.25) is 0 Å². The highest BCUT2D eigenvalue weighted by Gasteiger charge is 2.23. The van der Waals surface area contributed by atoms with Crippen molar-refractivity contribution < 1.29 is 4.79 Å². The largest absolute Gasteiger partial charge is 0.312 e. The number of nitriles is 1. The Balaban J connectivity index is 2.00. The predicted molar refractivity (Wildman–Crippen MR) is 101 cm³/mol. The van der Waals surface area contributed by atoms with Gasteiger partial charge < -0.3 is 5.32 Å². The summed E-state index contributed by atoms with van der Waals surface area (Å²) in [4.78, 5) is 16.5. The van der Waals surface area contributed by atoms with Crippen molar-refractivity contribution in [3.8, 4) is 6.07 Å². The Morgan fingerprint density at radius 1 is 1.50 bits per heavy atom. The fourth-order valence-electron chi connectivity index (χ4n) is 2.86. The van der Waals surface area contributed by atoms with Crippen molar-refractivity contribution in [1.82, 2.24) is 4.98 Å². The fourth-order valence-corrected chi connectivity index (χ4v) is 4.61. The summed E-state index contributed by atoms with van der Waals surface area (Å²) in [6.07, 6.45) is 5.88. The van der Waals surface area contributed by atoms with Gasteiger partial charge in [-0.15, -0.1) is 11.3 Å². The zero-order valence-corrected chi connectivity index (χ0v) is 16.1. The lowest BCUT2D eigenvalue weighted by Crippen LogP contribution is -2.17. The SMILES string of the molecule is CC1CCc2c(C#N)c(NC(=O)c3cncc(Br)c3)sc(=S)c2C1. The van der Waals surface area contributed by atoms with Gasteiger partial charge in [-0.1, -0.05) is 19.1 Å². The number of hydrogen-bond donors (Lipinski definition) is 1. The van der Waals surface area contributed by atoms with E-state index < -0.39 is 0 Å².